The normalized spacial score (nSPS) is 12.5. The molecule has 0 saturated carbocycles. The number of aromatic nitrogens is 1. The Morgan fingerprint density at radius 2 is 2.38 bits per heavy atom. The summed E-state index contributed by atoms with van der Waals surface area (Å²) in [6.45, 7) is 1.85. The molecule has 13 heavy (non-hydrogen) atoms. The highest BCUT2D eigenvalue weighted by molar-refractivity contribution is 6.20. The molecule has 1 heterocycles. The third-order valence-electron chi connectivity index (χ3n) is 1.51. The van der Waals surface area contributed by atoms with E-state index in [-0.39, 0.29) is 11.1 Å². The van der Waals surface area contributed by atoms with E-state index in [0.29, 0.717) is 6.42 Å². The van der Waals surface area contributed by atoms with Gasteiger partial charge in [0.1, 0.15) is 6.20 Å². The number of rotatable bonds is 3. The molecule has 5 heteroatoms. The summed E-state index contributed by atoms with van der Waals surface area (Å²) in [4.78, 5) is 13.7. The second-order valence-electron chi connectivity index (χ2n) is 2.75. The molecule has 1 rings (SSSR count). The smallest absolute Gasteiger partial charge is 0.258 e. The molecule has 1 aromatic rings. The van der Waals surface area contributed by atoms with Gasteiger partial charge in [0.2, 0.25) is 0 Å². The maximum atomic E-state index is 10.3. The fourth-order valence-electron chi connectivity index (χ4n) is 0.934. The number of pyridine rings is 1. The Hall–Kier alpha value is -1.16. The molecule has 0 amide bonds. The van der Waals surface area contributed by atoms with Crippen molar-refractivity contribution in [3.8, 4) is 0 Å². The van der Waals surface area contributed by atoms with Crippen LogP contribution in [0.4, 0.5) is 5.69 Å². The number of hydrogen-bond acceptors (Lipinski definition) is 3. The zero-order valence-corrected chi connectivity index (χ0v) is 7.86. The van der Waals surface area contributed by atoms with Crippen LogP contribution in [0.15, 0.2) is 18.3 Å². The van der Waals surface area contributed by atoms with Crippen molar-refractivity contribution in [2.75, 3.05) is 0 Å². The van der Waals surface area contributed by atoms with E-state index in [9.17, 15) is 10.1 Å². The van der Waals surface area contributed by atoms with Crippen molar-refractivity contribution in [3.05, 3.63) is 34.1 Å². The van der Waals surface area contributed by atoms with Gasteiger partial charge in [0.05, 0.1) is 4.92 Å². The number of hydrogen-bond donors (Lipinski definition) is 0. The van der Waals surface area contributed by atoms with Crippen molar-refractivity contribution < 1.29 is 4.92 Å². The van der Waals surface area contributed by atoms with Gasteiger partial charge in [-0.3, -0.25) is 15.1 Å². The molecule has 1 unspecified atom stereocenters. The Labute approximate surface area is 80.7 Å². The Morgan fingerprint density at radius 3 is 2.77 bits per heavy atom. The molecule has 0 N–H and O–H groups in total. The molecule has 0 radical (unpaired) electrons. The summed E-state index contributed by atoms with van der Waals surface area (Å²) in [5, 5.41) is 10.3. The van der Waals surface area contributed by atoms with Crippen molar-refractivity contribution in [3.63, 3.8) is 0 Å². The zero-order chi connectivity index (χ0) is 9.84. The van der Waals surface area contributed by atoms with E-state index in [2.05, 4.69) is 4.98 Å². The predicted octanol–water partition coefficient (Wildman–Crippen LogP) is 2.16. The molecule has 1 aromatic heterocycles. The van der Waals surface area contributed by atoms with E-state index in [1.165, 1.54) is 12.3 Å². The molecule has 4 nitrogen and oxygen atoms in total. The second-order valence-corrected chi connectivity index (χ2v) is 3.49. The second kappa shape index (κ2) is 4.18. The minimum atomic E-state index is -0.471. The molecular formula is C8H9ClN2O2. The fourth-order valence-corrected chi connectivity index (χ4v) is 1.09. The highest BCUT2D eigenvalue weighted by Crippen LogP contribution is 2.11. The predicted molar refractivity (Wildman–Crippen MR) is 49.9 cm³/mol. The Kier molecular flexibility index (Phi) is 3.19. The first-order valence-electron chi connectivity index (χ1n) is 3.83. The van der Waals surface area contributed by atoms with Crippen LogP contribution in [0.3, 0.4) is 0 Å². The van der Waals surface area contributed by atoms with Crippen molar-refractivity contribution in [2.24, 2.45) is 0 Å². The minimum Gasteiger partial charge on any atom is -0.258 e. The lowest BCUT2D eigenvalue weighted by Gasteiger charge is -2.00. The number of alkyl halides is 1. The van der Waals surface area contributed by atoms with Crippen LogP contribution < -0.4 is 0 Å². The summed E-state index contributed by atoms with van der Waals surface area (Å²) in [5.74, 6) is 0. The maximum absolute atomic E-state index is 10.3. The van der Waals surface area contributed by atoms with Crippen molar-refractivity contribution in [1.82, 2.24) is 4.98 Å². The SMILES string of the molecule is CC(Cl)Cc1ccc([N+](=O)[O-])cn1. The summed E-state index contributed by atoms with van der Waals surface area (Å²) in [7, 11) is 0. The van der Waals surface area contributed by atoms with Crippen LogP contribution in [0, 0.1) is 10.1 Å². The number of halogens is 1. The lowest BCUT2D eigenvalue weighted by Crippen LogP contribution is -2.00. The van der Waals surface area contributed by atoms with Crippen molar-refractivity contribution in [1.29, 1.82) is 0 Å². The molecular weight excluding hydrogens is 192 g/mol. The summed E-state index contributed by atoms with van der Waals surface area (Å²) in [6, 6.07) is 3.05. The van der Waals surface area contributed by atoms with E-state index in [1.54, 1.807) is 6.07 Å². The lowest BCUT2D eigenvalue weighted by molar-refractivity contribution is -0.385. The maximum Gasteiger partial charge on any atom is 0.287 e. The summed E-state index contributed by atoms with van der Waals surface area (Å²) < 4.78 is 0. The zero-order valence-electron chi connectivity index (χ0n) is 7.11. The average Bonchev–Trinajstić information content (AvgIpc) is 2.04. The van der Waals surface area contributed by atoms with Gasteiger partial charge in [0.25, 0.3) is 5.69 Å². The van der Waals surface area contributed by atoms with E-state index >= 15 is 0 Å². The van der Waals surface area contributed by atoms with Gasteiger partial charge in [-0.15, -0.1) is 11.6 Å². The number of nitrogens with zero attached hydrogens (tertiary/aromatic N) is 2. The molecule has 70 valence electrons. The largest absolute Gasteiger partial charge is 0.287 e. The molecule has 0 fully saturated rings. The first-order chi connectivity index (χ1) is 6.09. The van der Waals surface area contributed by atoms with Gasteiger partial charge in [-0.1, -0.05) is 0 Å². The van der Waals surface area contributed by atoms with E-state index in [4.69, 9.17) is 11.6 Å². The molecule has 0 aliphatic heterocycles. The van der Waals surface area contributed by atoms with Gasteiger partial charge in [0.15, 0.2) is 0 Å². The van der Waals surface area contributed by atoms with Crippen LogP contribution in [0.1, 0.15) is 12.6 Å². The first kappa shape index (κ1) is 9.92. The average molecular weight is 201 g/mol. The molecule has 0 spiro atoms. The third kappa shape index (κ3) is 2.99. The van der Waals surface area contributed by atoms with Gasteiger partial charge in [-0.05, 0) is 13.0 Å². The minimum absolute atomic E-state index is 0.00553. The Bertz CT molecular complexity index is 298. The van der Waals surface area contributed by atoms with Crippen LogP contribution >= 0.6 is 11.6 Å². The topological polar surface area (TPSA) is 56.0 Å². The van der Waals surface area contributed by atoms with Crippen LogP contribution in [-0.4, -0.2) is 15.3 Å². The molecule has 0 aliphatic carbocycles. The molecule has 0 aliphatic rings. The molecule has 0 aromatic carbocycles. The van der Waals surface area contributed by atoms with Gasteiger partial charge < -0.3 is 0 Å². The number of nitro groups is 1. The summed E-state index contributed by atoms with van der Waals surface area (Å²) in [6.07, 6.45) is 1.87. The van der Waals surface area contributed by atoms with E-state index in [1.807, 2.05) is 6.92 Å². The van der Waals surface area contributed by atoms with Gasteiger partial charge in [0, 0.05) is 23.6 Å². The van der Waals surface area contributed by atoms with Gasteiger partial charge in [-0.25, -0.2) is 0 Å². The summed E-state index contributed by atoms with van der Waals surface area (Å²) >= 11 is 5.74. The molecule has 0 bridgehead atoms. The highest BCUT2D eigenvalue weighted by Gasteiger charge is 2.06. The molecule has 0 saturated heterocycles. The molecule has 1 atom stereocenters. The quantitative estimate of drug-likeness (QED) is 0.427. The van der Waals surface area contributed by atoms with Crippen LogP contribution in [0.5, 0.6) is 0 Å². The van der Waals surface area contributed by atoms with Crippen LogP contribution in [0.25, 0.3) is 0 Å². The standard InChI is InChI=1S/C8H9ClN2O2/c1-6(9)4-7-2-3-8(5-10-7)11(12)13/h2-3,5-6H,4H2,1H3. The lowest BCUT2D eigenvalue weighted by atomic mass is 10.2. The van der Waals surface area contributed by atoms with E-state index in [0.717, 1.165) is 5.69 Å². The van der Waals surface area contributed by atoms with Crippen molar-refractivity contribution in [2.45, 2.75) is 18.7 Å². The fraction of sp³-hybridized carbons (Fsp3) is 0.375. The van der Waals surface area contributed by atoms with E-state index < -0.39 is 4.92 Å². The van der Waals surface area contributed by atoms with Crippen LogP contribution in [-0.2, 0) is 6.42 Å². The Balaban J connectivity index is 2.75. The first-order valence-corrected chi connectivity index (χ1v) is 4.26. The van der Waals surface area contributed by atoms with Crippen molar-refractivity contribution >= 4 is 17.3 Å². The Morgan fingerprint density at radius 1 is 1.69 bits per heavy atom. The van der Waals surface area contributed by atoms with Crippen LogP contribution in [0.2, 0.25) is 0 Å². The summed E-state index contributed by atoms with van der Waals surface area (Å²) in [5.41, 5.74) is 0.777. The third-order valence-corrected chi connectivity index (χ3v) is 1.66. The van der Waals surface area contributed by atoms with Gasteiger partial charge in [-0.2, -0.15) is 0 Å². The monoisotopic (exact) mass is 200 g/mol. The highest BCUT2D eigenvalue weighted by atomic mass is 35.5. The van der Waals surface area contributed by atoms with Gasteiger partial charge >= 0.3 is 0 Å².